The van der Waals surface area contributed by atoms with E-state index in [4.69, 9.17) is 25.5 Å². The van der Waals surface area contributed by atoms with Crippen LogP contribution >= 0.6 is 0 Å². The van der Waals surface area contributed by atoms with Gasteiger partial charge in [0.2, 0.25) is 0 Å². The molecule has 0 saturated carbocycles. The molecule has 0 heterocycles. The molecule has 44 heavy (non-hydrogen) atoms. The zero-order chi connectivity index (χ0) is 33.7. The second kappa shape index (κ2) is 38.1. The first-order chi connectivity index (χ1) is 21.0. The van der Waals surface area contributed by atoms with Gasteiger partial charge in [-0.15, -0.1) is 0 Å². The molecule has 0 aliphatic carbocycles. The first-order valence-electron chi connectivity index (χ1n) is 16.8. The minimum atomic E-state index is -0.819. The predicted octanol–water partition coefficient (Wildman–Crippen LogP) is 9.10. The van der Waals surface area contributed by atoms with Crippen molar-refractivity contribution in [3.8, 4) is 0 Å². The largest absolute Gasteiger partial charge is 0.481 e. The second-order valence-electron chi connectivity index (χ2n) is 11.1. The number of hydrogen-bond acceptors (Lipinski definition) is 5. The fourth-order valence-corrected chi connectivity index (χ4v) is 4.16. The van der Waals surface area contributed by atoms with Gasteiger partial charge in [-0.1, -0.05) is 96.1 Å². The van der Waals surface area contributed by atoms with Crippen molar-refractivity contribution in [2.45, 2.75) is 174 Å². The molecule has 0 saturated heterocycles. The minimum Gasteiger partial charge on any atom is -0.481 e. The Balaban J connectivity index is -0.000000608. The van der Waals surface area contributed by atoms with E-state index in [1.807, 2.05) is 0 Å². The van der Waals surface area contributed by atoms with Crippen LogP contribution in [0.15, 0.2) is 12.2 Å². The molecule has 0 amide bonds. The molecule has 10 nitrogen and oxygen atoms in total. The maximum absolute atomic E-state index is 10.3. The van der Waals surface area contributed by atoms with Gasteiger partial charge in [0, 0.05) is 32.1 Å². The van der Waals surface area contributed by atoms with Crippen molar-refractivity contribution in [3.05, 3.63) is 12.2 Å². The van der Waals surface area contributed by atoms with Gasteiger partial charge in [0.1, 0.15) is 0 Å². The Morgan fingerprint density at radius 3 is 0.795 bits per heavy atom. The van der Waals surface area contributed by atoms with E-state index in [0.29, 0.717) is 38.5 Å². The Morgan fingerprint density at radius 1 is 0.341 bits per heavy atom. The lowest BCUT2D eigenvalue weighted by Crippen LogP contribution is -1.96. The summed E-state index contributed by atoms with van der Waals surface area (Å²) in [5.74, 6) is -3.82. The number of unbranched alkanes of at least 4 members (excludes halogenated alkanes) is 17. The molecule has 0 rings (SSSR count). The third kappa shape index (κ3) is 55.1. The molecule has 5 N–H and O–H groups in total. The van der Waals surface area contributed by atoms with Crippen molar-refractivity contribution in [1.82, 2.24) is 0 Å². The van der Waals surface area contributed by atoms with Crippen molar-refractivity contribution in [2.24, 2.45) is 0 Å². The van der Waals surface area contributed by atoms with Gasteiger partial charge in [0.05, 0.1) is 0 Å². The lowest BCUT2D eigenvalue weighted by atomic mass is 10.1. The Morgan fingerprint density at radius 2 is 0.545 bits per heavy atom. The lowest BCUT2D eigenvalue weighted by molar-refractivity contribution is -0.138. The summed E-state index contributed by atoms with van der Waals surface area (Å²) in [7, 11) is 0. The molecule has 0 bridgehead atoms. The number of carboxylic acids is 5. The highest BCUT2D eigenvalue weighted by Gasteiger charge is 2.00. The first-order valence-corrected chi connectivity index (χ1v) is 16.8. The third-order valence-corrected chi connectivity index (χ3v) is 6.72. The smallest absolute Gasteiger partial charge is 0.303 e. The van der Waals surface area contributed by atoms with E-state index in [0.717, 1.165) is 32.1 Å². The fraction of sp³-hybridized carbons (Fsp3) is 0.794. The van der Waals surface area contributed by atoms with Crippen LogP contribution in [0.5, 0.6) is 0 Å². The van der Waals surface area contributed by atoms with Gasteiger partial charge in [-0.3, -0.25) is 24.0 Å². The predicted molar refractivity (Wildman–Crippen MR) is 173 cm³/mol. The molecule has 0 aromatic rings. The summed E-state index contributed by atoms with van der Waals surface area (Å²) in [6.45, 7) is 2.26. The molecule has 0 radical (unpaired) electrons. The van der Waals surface area contributed by atoms with Crippen LogP contribution in [0.3, 0.4) is 0 Å². The van der Waals surface area contributed by atoms with Gasteiger partial charge in [-0.2, -0.15) is 0 Å². The van der Waals surface area contributed by atoms with E-state index in [1.54, 1.807) is 0 Å². The quantitative estimate of drug-likeness (QED) is 0.0394. The average Bonchev–Trinajstić information content (AvgIpc) is 2.94. The summed E-state index contributed by atoms with van der Waals surface area (Å²) >= 11 is 0. The highest BCUT2D eigenvalue weighted by molar-refractivity contribution is 5.67. The van der Waals surface area contributed by atoms with Crippen LogP contribution in [0.25, 0.3) is 0 Å². The minimum absolute atomic E-state index is 0.139. The Hall–Kier alpha value is -2.91. The summed E-state index contributed by atoms with van der Waals surface area (Å²) in [6, 6.07) is 0. The zero-order valence-corrected chi connectivity index (χ0v) is 27.3. The molecule has 0 aliphatic rings. The molecule has 10 heteroatoms. The van der Waals surface area contributed by atoms with Crippen molar-refractivity contribution in [3.63, 3.8) is 0 Å². The second-order valence-corrected chi connectivity index (χ2v) is 11.1. The van der Waals surface area contributed by atoms with Gasteiger partial charge in [0.15, 0.2) is 0 Å². The van der Waals surface area contributed by atoms with Crippen LogP contribution in [0.4, 0.5) is 0 Å². The van der Waals surface area contributed by atoms with Gasteiger partial charge in [0.25, 0.3) is 0 Å². The van der Waals surface area contributed by atoms with Gasteiger partial charge in [-0.25, -0.2) is 0 Å². The molecular weight excluding hydrogens is 568 g/mol. The maximum atomic E-state index is 10.3. The molecule has 0 spiro atoms. The fourth-order valence-electron chi connectivity index (χ4n) is 4.16. The molecule has 0 aromatic carbocycles. The van der Waals surface area contributed by atoms with Crippen molar-refractivity contribution in [2.75, 3.05) is 0 Å². The monoisotopic (exact) mass is 630 g/mol. The van der Waals surface area contributed by atoms with Crippen LogP contribution in [0, 0.1) is 0 Å². The highest BCUT2D eigenvalue weighted by Crippen LogP contribution is 2.10. The van der Waals surface area contributed by atoms with E-state index >= 15 is 0 Å². The van der Waals surface area contributed by atoms with Crippen molar-refractivity contribution in [1.29, 1.82) is 0 Å². The van der Waals surface area contributed by atoms with E-state index in [2.05, 4.69) is 19.1 Å². The summed E-state index contributed by atoms with van der Waals surface area (Å²) in [5, 5.41) is 41.5. The summed E-state index contributed by atoms with van der Waals surface area (Å²) < 4.78 is 0. The van der Waals surface area contributed by atoms with Crippen LogP contribution in [-0.2, 0) is 24.0 Å². The van der Waals surface area contributed by atoms with E-state index in [-0.39, 0.29) is 25.7 Å². The van der Waals surface area contributed by atoms with Gasteiger partial charge >= 0.3 is 29.8 Å². The molecule has 0 aliphatic heterocycles. The molecule has 0 atom stereocenters. The number of carboxylic acid groups (broad SMARTS) is 5. The third-order valence-electron chi connectivity index (χ3n) is 6.72. The van der Waals surface area contributed by atoms with E-state index in [9.17, 15) is 24.0 Å². The Bertz CT molecular complexity index is 700. The summed E-state index contributed by atoms with van der Waals surface area (Å²) in [5.41, 5.74) is 0. The number of aliphatic carboxylic acids is 5. The van der Waals surface area contributed by atoms with Gasteiger partial charge in [-0.05, 0) is 57.8 Å². The van der Waals surface area contributed by atoms with Crippen LogP contribution in [0.1, 0.15) is 174 Å². The number of rotatable bonds is 29. The molecular formula is C34H62O10. The molecule has 258 valence electrons. The summed E-state index contributed by atoms with van der Waals surface area (Å²) in [4.78, 5) is 50.5. The number of allylic oxidation sites excluding steroid dienone is 2. The Kier molecular flexibility index (Phi) is 39.4. The molecule has 0 unspecified atom stereocenters. The number of carbonyl (C=O) groups is 5. The van der Waals surface area contributed by atoms with Crippen LogP contribution in [0.2, 0.25) is 0 Å². The van der Waals surface area contributed by atoms with E-state index < -0.39 is 29.8 Å². The van der Waals surface area contributed by atoms with E-state index in [1.165, 1.54) is 70.6 Å². The SMILES string of the molecule is CCCCCCCCC=CCCCCCCCC(=O)O.O=C(O)CCCCCC(=O)O.O=C(O)CCCCCCCC(=O)O. The molecule has 0 aromatic heterocycles. The van der Waals surface area contributed by atoms with Crippen molar-refractivity contribution >= 4 is 29.8 Å². The normalized spacial score (nSPS) is 10.4. The summed E-state index contributed by atoms with van der Waals surface area (Å²) in [6.07, 6.45) is 27.9. The maximum Gasteiger partial charge on any atom is 0.303 e. The standard InChI is InChI=1S/C18H34O2.C9H16O4.C7H12O4/c1-2-3-4-5-6-7-8-9-10-11-12-13-14-15-16-17-18(19)20;10-8(11)6-4-2-1-3-5-7-9(12)13;8-6(9)4-2-1-3-5-7(10)11/h9-10H,2-8,11-17H2,1H3,(H,19,20);1-7H2,(H,10,11)(H,12,13);1-5H2,(H,8,9)(H,10,11). The van der Waals surface area contributed by atoms with Gasteiger partial charge < -0.3 is 25.5 Å². The molecule has 0 fully saturated rings. The number of hydrogen-bond donors (Lipinski definition) is 5. The van der Waals surface area contributed by atoms with Crippen LogP contribution in [-0.4, -0.2) is 55.4 Å². The van der Waals surface area contributed by atoms with Crippen molar-refractivity contribution < 1.29 is 49.5 Å². The average molecular weight is 631 g/mol. The zero-order valence-electron chi connectivity index (χ0n) is 27.3. The lowest BCUT2D eigenvalue weighted by Gasteiger charge is -1.99. The highest BCUT2D eigenvalue weighted by atomic mass is 16.4. The van der Waals surface area contributed by atoms with Crippen LogP contribution < -0.4 is 0 Å². The topological polar surface area (TPSA) is 186 Å². The Labute approximate surface area is 265 Å². The first kappa shape index (κ1) is 45.5.